The molecule has 0 aliphatic rings. The molecular weight excluding hydrogens is 514 g/mol. The van der Waals surface area contributed by atoms with Crippen molar-refractivity contribution in [2.24, 2.45) is 4.99 Å². The summed E-state index contributed by atoms with van der Waals surface area (Å²) in [5.74, 6) is 0.306. The van der Waals surface area contributed by atoms with E-state index in [0.717, 1.165) is 11.3 Å². The number of rotatable bonds is 7. The van der Waals surface area contributed by atoms with Gasteiger partial charge in [-0.2, -0.15) is 0 Å². The van der Waals surface area contributed by atoms with Gasteiger partial charge in [0.1, 0.15) is 10.7 Å². The Morgan fingerprint density at radius 3 is 2.28 bits per heavy atom. The highest BCUT2D eigenvalue weighted by Gasteiger charge is 2.20. The lowest BCUT2D eigenvalue weighted by atomic mass is 10.2. The maximum Gasteiger partial charge on any atom is 0.263 e. The van der Waals surface area contributed by atoms with Crippen molar-refractivity contribution in [2.75, 3.05) is 4.72 Å². The maximum atomic E-state index is 12.7. The Morgan fingerprint density at radius 1 is 1.00 bits per heavy atom. The summed E-state index contributed by atoms with van der Waals surface area (Å²) in [6, 6.07) is 14.3. The lowest BCUT2D eigenvalue weighted by Gasteiger charge is -2.13. The topological polar surface area (TPSA) is 67.8 Å². The third kappa shape index (κ3) is 5.97. The Kier molecular flexibility index (Phi) is 7.75. The Labute approximate surface area is 206 Å². The molecule has 3 aromatic carbocycles. The summed E-state index contributed by atoms with van der Waals surface area (Å²) < 4.78 is 33.4. The van der Waals surface area contributed by atoms with Gasteiger partial charge in [0.2, 0.25) is 0 Å². The number of benzene rings is 3. The molecule has 0 atom stereocenters. The number of ether oxygens (including phenoxy) is 1. The van der Waals surface area contributed by atoms with Crippen LogP contribution in [0.4, 0.5) is 11.4 Å². The smallest absolute Gasteiger partial charge is 0.263 e. The van der Waals surface area contributed by atoms with Crippen LogP contribution in [0.1, 0.15) is 5.56 Å². The largest absolute Gasteiger partial charge is 0.453 e. The van der Waals surface area contributed by atoms with E-state index in [0.29, 0.717) is 5.02 Å². The van der Waals surface area contributed by atoms with E-state index >= 15 is 0 Å². The zero-order valence-electron chi connectivity index (χ0n) is 16.6. The molecule has 3 rings (SSSR count). The molecule has 10 heteroatoms. The summed E-state index contributed by atoms with van der Waals surface area (Å²) in [4.78, 5) is 4.18. The number of aryl methyl sites for hydroxylation is 1. The van der Waals surface area contributed by atoms with Crippen molar-refractivity contribution in [3.8, 4) is 5.75 Å². The molecule has 0 saturated heterocycles. The molecule has 0 aliphatic heterocycles. The molecule has 3 aromatic rings. The number of nitrogens with one attached hydrogen (secondary N) is 1. The van der Waals surface area contributed by atoms with E-state index in [2.05, 4.69) is 16.3 Å². The predicted octanol–water partition coefficient (Wildman–Crippen LogP) is 7.70. The molecule has 0 aliphatic carbocycles. The summed E-state index contributed by atoms with van der Waals surface area (Å²) in [5, 5.41) is 0.435. The minimum Gasteiger partial charge on any atom is -0.453 e. The third-order valence-electron chi connectivity index (χ3n) is 4.13. The van der Waals surface area contributed by atoms with Gasteiger partial charge < -0.3 is 4.74 Å². The van der Waals surface area contributed by atoms with Crippen LogP contribution in [0.2, 0.25) is 20.1 Å². The quantitative estimate of drug-likeness (QED) is 0.252. The molecule has 0 fully saturated rings. The number of anilines is 1. The number of halogens is 4. The summed E-state index contributed by atoms with van der Waals surface area (Å²) in [6.07, 6.45) is 1.44. The lowest BCUT2D eigenvalue weighted by molar-refractivity contribution is 0.460. The standard InChI is InChI=1S/C22H16Cl4N2O3S/c1-13-5-3-4-6-20(13)27-12-14(2)31-22-18(25)10-16(11-19(22)26)28-32(29,30)21-8-7-15(23)9-17(21)24/h3-12,28H,2H2,1H3/b27-12-. The second kappa shape index (κ2) is 10.1. The summed E-state index contributed by atoms with van der Waals surface area (Å²) in [6.45, 7) is 5.72. The van der Waals surface area contributed by atoms with Crippen LogP contribution >= 0.6 is 46.4 Å². The molecule has 0 amide bonds. The van der Waals surface area contributed by atoms with Crippen molar-refractivity contribution in [1.82, 2.24) is 0 Å². The second-order valence-corrected chi connectivity index (χ2v) is 9.87. The van der Waals surface area contributed by atoms with Gasteiger partial charge >= 0.3 is 0 Å². The van der Waals surface area contributed by atoms with Crippen molar-refractivity contribution >= 4 is 74.0 Å². The highest BCUT2D eigenvalue weighted by molar-refractivity contribution is 7.92. The van der Waals surface area contributed by atoms with Gasteiger partial charge in [0.15, 0.2) is 5.75 Å². The van der Waals surface area contributed by atoms with E-state index in [9.17, 15) is 8.42 Å². The van der Waals surface area contributed by atoms with Gasteiger partial charge in [-0.05, 0) is 48.9 Å². The fraction of sp³-hybridized carbons (Fsp3) is 0.0455. The minimum atomic E-state index is -4.01. The van der Waals surface area contributed by atoms with E-state index in [1.165, 1.54) is 36.5 Å². The normalized spacial score (nSPS) is 11.5. The molecule has 0 spiro atoms. The molecule has 0 radical (unpaired) electrons. The summed E-state index contributed by atoms with van der Waals surface area (Å²) in [7, 11) is -4.01. The van der Waals surface area contributed by atoms with Crippen LogP contribution < -0.4 is 9.46 Å². The first-order chi connectivity index (χ1) is 15.1. The van der Waals surface area contributed by atoms with Crippen LogP contribution in [0.3, 0.4) is 0 Å². The molecular formula is C22H16Cl4N2O3S. The first-order valence-corrected chi connectivity index (χ1v) is 12.0. The Hall–Kier alpha value is -2.22. The van der Waals surface area contributed by atoms with E-state index in [1.807, 2.05) is 31.2 Å². The molecule has 1 N–H and O–H groups in total. The van der Waals surface area contributed by atoms with Crippen LogP contribution in [0.25, 0.3) is 0 Å². The number of hydrogen-bond acceptors (Lipinski definition) is 4. The highest BCUT2D eigenvalue weighted by atomic mass is 35.5. The van der Waals surface area contributed by atoms with Gasteiger partial charge in [0.25, 0.3) is 10.0 Å². The van der Waals surface area contributed by atoms with Gasteiger partial charge in [-0.1, -0.05) is 71.2 Å². The minimum absolute atomic E-state index is 0.0219. The molecule has 166 valence electrons. The van der Waals surface area contributed by atoms with E-state index in [4.69, 9.17) is 51.1 Å². The lowest BCUT2D eigenvalue weighted by Crippen LogP contribution is -2.13. The number of allylic oxidation sites excluding steroid dienone is 1. The van der Waals surface area contributed by atoms with Crippen molar-refractivity contribution in [1.29, 1.82) is 0 Å². The maximum absolute atomic E-state index is 12.7. The average Bonchev–Trinajstić information content (AvgIpc) is 2.69. The summed E-state index contributed by atoms with van der Waals surface area (Å²) >= 11 is 24.4. The number of aliphatic imine (C=N–C) groups is 1. The van der Waals surface area contributed by atoms with Crippen molar-refractivity contribution in [3.63, 3.8) is 0 Å². The number of nitrogens with zero attached hydrogens (tertiary/aromatic N) is 1. The molecule has 0 aromatic heterocycles. The van der Waals surface area contributed by atoms with Crippen LogP contribution in [0, 0.1) is 6.92 Å². The zero-order valence-corrected chi connectivity index (χ0v) is 20.4. The van der Waals surface area contributed by atoms with Gasteiger partial charge in [-0.3, -0.25) is 9.71 Å². The van der Waals surface area contributed by atoms with E-state index in [-0.39, 0.29) is 37.2 Å². The Bertz CT molecular complexity index is 1300. The molecule has 0 unspecified atom stereocenters. The van der Waals surface area contributed by atoms with Gasteiger partial charge in [-0.15, -0.1) is 0 Å². The van der Waals surface area contributed by atoms with Crippen LogP contribution in [-0.4, -0.2) is 14.6 Å². The van der Waals surface area contributed by atoms with Crippen LogP contribution in [0.15, 0.2) is 76.8 Å². The fourth-order valence-corrected chi connectivity index (χ4v) is 5.01. The Morgan fingerprint density at radius 2 is 1.66 bits per heavy atom. The van der Waals surface area contributed by atoms with E-state index < -0.39 is 10.0 Å². The molecule has 0 saturated carbocycles. The summed E-state index contributed by atoms with van der Waals surface area (Å²) in [5.41, 5.74) is 1.88. The average molecular weight is 530 g/mol. The zero-order chi connectivity index (χ0) is 23.5. The molecule has 32 heavy (non-hydrogen) atoms. The highest BCUT2D eigenvalue weighted by Crippen LogP contribution is 2.38. The number of sulfonamides is 1. The van der Waals surface area contributed by atoms with Gasteiger partial charge in [0, 0.05) is 5.02 Å². The van der Waals surface area contributed by atoms with E-state index in [1.54, 1.807) is 0 Å². The van der Waals surface area contributed by atoms with Crippen LogP contribution in [-0.2, 0) is 10.0 Å². The van der Waals surface area contributed by atoms with Crippen LogP contribution in [0.5, 0.6) is 5.75 Å². The predicted molar refractivity (Wildman–Crippen MR) is 133 cm³/mol. The molecule has 5 nitrogen and oxygen atoms in total. The third-order valence-corrected chi connectivity index (χ3v) is 6.79. The first-order valence-electron chi connectivity index (χ1n) is 9.00. The van der Waals surface area contributed by atoms with Crippen molar-refractivity contribution in [3.05, 3.63) is 92.6 Å². The second-order valence-electron chi connectivity index (χ2n) is 6.56. The number of para-hydroxylation sites is 1. The van der Waals surface area contributed by atoms with Gasteiger partial charge in [0.05, 0.1) is 32.7 Å². The van der Waals surface area contributed by atoms with Crippen molar-refractivity contribution in [2.45, 2.75) is 11.8 Å². The Balaban J connectivity index is 1.79. The monoisotopic (exact) mass is 528 g/mol. The fourth-order valence-electron chi connectivity index (χ4n) is 2.63. The molecule has 0 bridgehead atoms. The first kappa shape index (κ1) is 24.4. The number of hydrogen-bond donors (Lipinski definition) is 1. The van der Waals surface area contributed by atoms with Gasteiger partial charge in [-0.25, -0.2) is 8.42 Å². The SMILES string of the molecule is C=C(/C=N\c1ccccc1C)Oc1c(Cl)cc(NS(=O)(=O)c2ccc(Cl)cc2Cl)cc1Cl. The van der Waals surface area contributed by atoms with Crippen molar-refractivity contribution < 1.29 is 13.2 Å². The molecule has 0 heterocycles.